The summed E-state index contributed by atoms with van der Waals surface area (Å²) in [5.41, 5.74) is 1.07. The SMILES string of the molecule is CC[C@H](C)/C=C/c1csc(N(C)C)n1. The van der Waals surface area contributed by atoms with Gasteiger partial charge in [-0.2, -0.15) is 0 Å². The minimum Gasteiger partial charge on any atom is -0.354 e. The summed E-state index contributed by atoms with van der Waals surface area (Å²) in [6.45, 7) is 4.41. The van der Waals surface area contributed by atoms with E-state index in [1.54, 1.807) is 11.3 Å². The Hall–Kier alpha value is -0.830. The van der Waals surface area contributed by atoms with Gasteiger partial charge in [0.05, 0.1) is 5.69 Å². The van der Waals surface area contributed by atoms with Gasteiger partial charge in [0.1, 0.15) is 0 Å². The lowest BCUT2D eigenvalue weighted by Gasteiger charge is -2.05. The van der Waals surface area contributed by atoms with Crippen LogP contribution in [0.3, 0.4) is 0 Å². The van der Waals surface area contributed by atoms with Crippen molar-refractivity contribution in [2.24, 2.45) is 5.92 Å². The van der Waals surface area contributed by atoms with Crippen LogP contribution in [0.15, 0.2) is 11.5 Å². The predicted molar refractivity (Wildman–Crippen MR) is 64.9 cm³/mol. The van der Waals surface area contributed by atoms with E-state index < -0.39 is 0 Å². The quantitative estimate of drug-likeness (QED) is 0.758. The van der Waals surface area contributed by atoms with Gasteiger partial charge in [-0.05, 0) is 12.0 Å². The molecule has 0 aliphatic rings. The Balaban J connectivity index is 2.64. The number of aromatic nitrogens is 1. The van der Waals surface area contributed by atoms with E-state index in [-0.39, 0.29) is 0 Å². The third-order valence-corrected chi connectivity index (χ3v) is 3.16. The standard InChI is InChI=1S/C11H18N2S/c1-5-9(2)6-7-10-8-14-11(12-10)13(3)4/h6-9H,5H2,1-4H3/b7-6+/t9-/m0/s1. The van der Waals surface area contributed by atoms with Gasteiger partial charge < -0.3 is 4.90 Å². The third kappa shape index (κ3) is 3.14. The normalized spacial score (nSPS) is 13.4. The fourth-order valence-corrected chi connectivity index (χ4v) is 1.68. The summed E-state index contributed by atoms with van der Waals surface area (Å²) in [5.74, 6) is 0.638. The molecule has 0 amide bonds. The third-order valence-electron chi connectivity index (χ3n) is 2.13. The van der Waals surface area contributed by atoms with Crippen molar-refractivity contribution in [2.45, 2.75) is 20.3 Å². The van der Waals surface area contributed by atoms with Crippen molar-refractivity contribution in [3.8, 4) is 0 Å². The van der Waals surface area contributed by atoms with Crippen molar-refractivity contribution in [1.82, 2.24) is 4.98 Å². The molecule has 0 saturated heterocycles. The van der Waals surface area contributed by atoms with Crippen LogP contribution in [0.2, 0.25) is 0 Å². The van der Waals surface area contributed by atoms with Gasteiger partial charge in [0, 0.05) is 19.5 Å². The van der Waals surface area contributed by atoms with Gasteiger partial charge in [0.2, 0.25) is 0 Å². The van der Waals surface area contributed by atoms with E-state index >= 15 is 0 Å². The summed E-state index contributed by atoms with van der Waals surface area (Å²) in [7, 11) is 4.03. The summed E-state index contributed by atoms with van der Waals surface area (Å²) >= 11 is 1.68. The monoisotopic (exact) mass is 210 g/mol. The number of anilines is 1. The molecule has 1 atom stereocenters. The van der Waals surface area contributed by atoms with Gasteiger partial charge >= 0.3 is 0 Å². The number of hydrogen-bond donors (Lipinski definition) is 0. The molecule has 0 aliphatic heterocycles. The average molecular weight is 210 g/mol. The van der Waals surface area contributed by atoms with Gasteiger partial charge in [-0.1, -0.05) is 26.3 Å². The van der Waals surface area contributed by atoms with E-state index in [0.29, 0.717) is 5.92 Å². The highest BCUT2D eigenvalue weighted by Crippen LogP contribution is 2.19. The Morgan fingerprint density at radius 2 is 2.29 bits per heavy atom. The molecular weight excluding hydrogens is 192 g/mol. The Bertz CT molecular complexity index is 302. The van der Waals surface area contributed by atoms with Gasteiger partial charge in [-0.3, -0.25) is 0 Å². The van der Waals surface area contributed by atoms with Crippen LogP contribution < -0.4 is 4.90 Å². The molecule has 0 unspecified atom stereocenters. The molecule has 0 fully saturated rings. The fraction of sp³-hybridized carbons (Fsp3) is 0.545. The second kappa shape index (κ2) is 5.15. The summed E-state index contributed by atoms with van der Waals surface area (Å²) in [6.07, 6.45) is 5.51. The van der Waals surface area contributed by atoms with Crippen LogP contribution in [-0.4, -0.2) is 19.1 Å². The Kier molecular flexibility index (Phi) is 4.14. The first-order valence-corrected chi connectivity index (χ1v) is 5.82. The van der Waals surface area contributed by atoms with Crippen LogP contribution in [0.1, 0.15) is 26.0 Å². The molecule has 3 heteroatoms. The van der Waals surface area contributed by atoms with Gasteiger partial charge in [-0.25, -0.2) is 4.98 Å². The van der Waals surface area contributed by atoms with E-state index in [1.807, 2.05) is 19.0 Å². The number of nitrogens with zero attached hydrogens (tertiary/aromatic N) is 2. The molecular formula is C11H18N2S. The average Bonchev–Trinajstić information content (AvgIpc) is 2.62. The van der Waals surface area contributed by atoms with E-state index in [1.165, 1.54) is 6.42 Å². The van der Waals surface area contributed by atoms with Gasteiger partial charge in [0.15, 0.2) is 5.13 Å². The molecule has 2 nitrogen and oxygen atoms in total. The number of rotatable bonds is 4. The minimum atomic E-state index is 0.638. The van der Waals surface area contributed by atoms with Crippen LogP contribution in [0.5, 0.6) is 0 Å². The molecule has 0 bridgehead atoms. The van der Waals surface area contributed by atoms with Crippen molar-refractivity contribution in [3.63, 3.8) is 0 Å². The molecule has 1 aromatic heterocycles. The Labute approximate surface area is 90.3 Å². The molecule has 0 spiro atoms. The first kappa shape index (κ1) is 11.2. The molecule has 0 radical (unpaired) electrons. The van der Waals surface area contributed by atoms with Gasteiger partial charge in [0.25, 0.3) is 0 Å². The Morgan fingerprint density at radius 3 is 2.79 bits per heavy atom. The van der Waals surface area contributed by atoms with E-state index in [4.69, 9.17) is 0 Å². The minimum absolute atomic E-state index is 0.638. The summed E-state index contributed by atoms with van der Waals surface area (Å²) in [4.78, 5) is 6.51. The van der Waals surface area contributed by atoms with Crippen molar-refractivity contribution in [1.29, 1.82) is 0 Å². The van der Waals surface area contributed by atoms with Gasteiger partial charge in [-0.15, -0.1) is 11.3 Å². The highest BCUT2D eigenvalue weighted by Gasteiger charge is 2.00. The molecule has 0 aromatic carbocycles. The first-order chi connectivity index (χ1) is 6.63. The molecule has 0 N–H and O–H groups in total. The maximum Gasteiger partial charge on any atom is 0.185 e. The molecule has 0 saturated carbocycles. The predicted octanol–water partition coefficient (Wildman–Crippen LogP) is 3.27. The van der Waals surface area contributed by atoms with Crippen LogP contribution in [0.4, 0.5) is 5.13 Å². The molecule has 1 aromatic rings. The second-order valence-electron chi connectivity index (χ2n) is 3.69. The van der Waals surface area contributed by atoms with Crippen LogP contribution in [0, 0.1) is 5.92 Å². The van der Waals surface area contributed by atoms with E-state index in [0.717, 1.165) is 10.8 Å². The lowest BCUT2D eigenvalue weighted by molar-refractivity contribution is 0.701. The molecule has 0 aliphatic carbocycles. The second-order valence-corrected chi connectivity index (χ2v) is 4.53. The van der Waals surface area contributed by atoms with Crippen molar-refractivity contribution in [3.05, 3.63) is 17.2 Å². The Morgan fingerprint density at radius 1 is 1.57 bits per heavy atom. The summed E-state index contributed by atoms with van der Waals surface area (Å²) in [6, 6.07) is 0. The summed E-state index contributed by atoms with van der Waals surface area (Å²) in [5, 5.41) is 3.16. The smallest absolute Gasteiger partial charge is 0.185 e. The molecule has 78 valence electrons. The molecule has 1 heterocycles. The number of thiazole rings is 1. The van der Waals surface area contributed by atoms with Crippen LogP contribution in [-0.2, 0) is 0 Å². The number of allylic oxidation sites excluding steroid dienone is 1. The molecule has 1 rings (SSSR count). The largest absolute Gasteiger partial charge is 0.354 e. The van der Waals surface area contributed by atoms with Crippen molar-refractivity contribution < 1.29 is 0 Å². The topological polar surface area (TPSA) is 16.1 Å². The highest BCUT2D eigenvalue weighted by atomic mass is 32.1. The number of hydrogen-bond acceptors (Lipinski definition) is 3. The maximum atomic E-state index is 4.47. The zero-order valence-electron chi connectivity index (χ0n) is 9.32. The molecule has 14 heavy (non-hydrogen) atoms. The summed E-state index contributed by atoms with van der Waals surface area (Å²) < 4.78 is 0. The lowest BCUT2D eigenvalue weighted by Crippen LogP contribution is -2.07. The van der Waals surface area contributed by atoms with Crippen molar-refractivity contribution in [2.75, 3.05) is 19.0 Å². The zero-order valence-corrected chi connectivity index (χ0v) is 10.1. The van der Waals surface area contributed by atoms with Crippen LogP contribution >= 0.6 is 11.3 Å². The zero-order chi connectivity index (χ0) is 10.6. The van der Waals surface area contributed by atoms with Crippen LogP contribution in [0.25, 0.3) is 6.08 Å². The van der Waals surface area contributed by atoms with Crippen molar-refractivity contribution >= 4 is 22.5 Å². The van der Waals surface area contributed by atoms with E-state index in [9.17, 15) is 0 Å². The fourth-order valence-electron chi connectivity index (χ4n) is 0.957. The maximum absolute atomic E-state index is 4.47. The van der Waals surface area contributed by atoms with E-state index in [2.05, 4.69) is 36.4 Å². The first-order valence-electron chi connectivity index (χ1n) is 4.94. The lowest BCUT2D eigenvalue weighted by atomic mass is 10.1. The highest BCUT2D eigenvalue weighted by molar-refractivity contribution is 7.13.